The Hall–Kier alpha value is -2.04. The number of aromatic nitrogens is 2. The molecule has 0 fully saturated rings. The molecule has 1 amide bonds. The molecule has 10 heteroatoms. The normalized spacial score (nSPS) is 13.1. The number of hydrogen-bond acceptors (Lipinski definition) is 5. The average molecular weight is 443 g/mol. The van der Waals surface area contributed by atoms with Gasteiger partial charge in [-0.1, -0.05) is 19.9 Å². The molecule has 0 saturated heterocycles. The summed E-state index contributed by atoms with van der Waals surface area (Å²) in [5, 5.41) is 35.6. The van der Waals surface area contributed by atoms with E-state index in [1.807, 2.05) is 13.8 Å². The summed E-state index contributed by atoms with van der Waals surface area (Å²) in [4.78, 5) is 23.0. The molecule has 1 heterocycles. The summed E-state index contributed by atoms with van der Waals surface area (Å²) >= 11 is 0. The van der Waals surface area contributed by atoms with Crippen LogP contribution in [0.5, 0.6) is 0 Å². The molecule has 0 aliphatic heterocycles. The Morgan fingerprint density at radius 3 is 2.39 bits per heavy atom. The van der Waals surface area contributed by atoms with E-state index >= 15 is 0 Å². The Balaban J connectivity index is 0.00000480. The minimum absolute atomic E-state index is 0. The summed E-state index contributed by atoms with van der Waals surface area (Å²) < 4.78 is 14.8. The third-order valence-corrected chi connectivity index (χ3v) is 4.45. The molecule has 0 unspecified atom stereocenters. The molecular weight excluding hydrogens is 416 g/mol. The molecule has 0 radical (unpaired) electrons. The molecule has 2 rings (SSSR count). The zero-order valence-electron chi connectivity index (χ0n) is 19.0. The number of nitrogens with zero attached hydrogens (tertiary/aromatic N) is 2. The maximum atomic E-state index is 13.4. The van der Waals surface area contributed by atoms with Gasteiger partial charge < -0.3 is 22.1 Å². The molecule has 0 saturated carbocycles. The van der Waals surface area contributed by atoms with Gasteiger partial charge in [0.1, 0.15) is 5.82 Å². The second kappa shape index (κ2) is 12.1. The maximum Gasteiger partial charge on any atom is 1.00 e. The second-order valence-corrected chi connectivity index (χ2v) is 7.18. The summed E-state index contributed by atoms with van der Waals surface area (Å²) in [6.07, 6.45) is 0.0239. The SMILES string of the molecule is CNC(=O)c1nn(-c2ccc(F)cc2)c(C=C[C@H](O)C[C@@H](O)CC(=O)O)c1C(C)C.[H-].[Na+]. The fourth-order valence-corrected chi connectivity index (χ4v) is 3.08. The van der Waals surface area contributed by atoms with Crippen molar-refractivity contribution in [1.82, 2.24) is 15.1 Å². The van der Waals surface area contributed by atoms with Crippen LogP contribution in [0.1, 0.15) is 55.8 Å². The standard InChI is InChI=1S/C21H26FN3O5.Na.H/c1-12(2)19-17(9-8-15(26)10-16(27)11-18(28)29)25(24-20(19)21(30)23-3)14-6-4-13(22)5-7-14;;/h4-9,12,15-16,26-27H,10-11H2,1-3H3,(H,23,30)(H,28,29);;/q;+1;-1/t15-,16+;;/m0../s1. The number of rotatable bonds is 9. The van der Waals surface area contributed by atoms with Crippen LogP contribution in [0.15, 0.2) is 30.3 Å². The van der Waals surface area contributed by atoms with Crippen LogP contribution in [0, 0.1) is 5.82 Å². The third-order valence-electron chi connectivity index (χ3n) is 4.45. The molecule has 0 aliphatic rings. The van der Waals surface area contributed by atoms with Gasteiger partial charge in [-0.2, -0.15) is 5.10 Å². The molecule has 31 heavy (non-hydrogen) atoms. The Morgan fingerprint density at radius 2 is 1.87 bits per heavy atom. The van der Waals surface area contributed by atoms with E-state index in [1.54, 1.807) is 6.08 Å². The first kappa shape index (κ1) is 27.0. The summed E-state index contributed by atoms with van der Waals surface area (Å²) in [5.41, 5.74) is 1.88. The minimum atomic E-state index is -1.20. The maximum absolute atomic E-state index is 13.4. The van der Waals surface area contributed by atoms with Crippen molar-refractivity contribution in [1.29, 1.82) is 0 Å². The van der Waals surface area contributed by atoms with Gasteiger partial charge in [0, 0.05) is 19.0 Å². The van der Waals surface area contributed by atoms with Crippen molar-refractivity contribution >= 4 is 18.0 Å². The number of nitrogens with one attached hydrogen (secondary N) is 1. The van der Waals surface area contributed by atoms with Crippen LogP contribution in [0.2, 0.25) is 0 Å². The monoisotopic (exact) mass is 443 g/mol. The van der Waals surface area contributed by atoms with Gasteiger partial charge in [0.05, 0.1) is 30.0 Å². The number of aliphatic hydroxyl groups excluding tert-OH is 2. The van der Waals surface area contributed by atoms with Crippen molar-refractivity contribution in [2.24, 2.45) is 0 Å². The van der Waals surface area contributed by atoms with E-state index in [0.717, 1.165) is 0 Å². The first-order chi connectivity index (χ1) is 14.1. The minimum Gasteiger partial charge on any atom is -1.00 e. The van der Waals surface area contributed by atoms with Crippen molar-refractivity contribution in [3.8, 4) is 5.69 Å². The van der Waals surface area contributed by atoms with Crippen LogP contribution >= 0.6 is 0 Å². The van der Waals surface area contributed by atoms with Gasteiger partial charge in [0.25, 0.3) is 5.91 Å². The first-order valence-electron chi connectivity index (χ1n) is 9.51. The number of carbonyl (C=O) groups excluding carboxylic acids is 1. The number of aliphatic carboxylic acids is 1. The summed E-state index contributed by atoms with van der Waals surface area (Å²) in [5.74, 6) is -2.06. The predicted octanol–water partition coefficient (Wildman–Crippen LogP) is -0.789. The summed E-state index contributed by atoms with van der Waals surface area (Å²) in [7, 11) is 1.49. The first-order valence-corrected chi connectivity index (χ1v) is 9.51. The Kier molecular flexibility index (Phi) is 10.5. The molecule has 0 aliphatic carbocycles. The smallest absolute Gasteiger partial charge is 1.00 e. The molecule has 2 atom stereocenters. The van der Waals surface area contributed by atoms with Gasteiger partial charge in [0.15, 0.2) is 5.69 Å². The molecule has 164 valence electrons. The molecule has 1 aromatic carbocycles. The molecule has 2 aromatic rings. The van der Waals surface area contributed by atoms with E-state index in [1.165, 1.54) is 42.1 Å². The molecule has 0 bridgehead atoms. The zero-order valence-corrected chi connectivity index (χ0v) is 20.0. The Labute approximate surface area is 203 Å². The van der Waals surface area contributed by atoms with E-state index in [9.17, 15) is 24.2 Å². The van der Waals surface area contributed by atoms with Gasteiger partial charge in [0.2, 0.25) is 0 Å². The molecule has 0 spiro atoms. The number of amides is 1. The van der Waals surface area contributed by atoms with Gasteiger partial charge in [-0.3, -0.25) is 9.59 Å². The Bertz CT molecular complexity index is 934. The zero-order chi connectivity index (χ0) is 22.4. The van der Waals surface area contributed by atoms with Gasteiger partial charge in [-0.15, -0.1) is 0 Å². The van der Waals surface area contributed by atoms with Crippen LogP contribution < -0.4 is 34.9 Å². The quantitative estimate of drug-likeness (QED) is 0.377. The van der Waals surface area contributed by atoms with Crippen LogP contribution in [0.3, 0.4) is 0 Å². The van der Waals surface area contributed by atoms with Crippen molar-refractivity contribution in [3.63, 3.8) is 0 Å². The molecule has 4 N–H and O–H groups in total. The third kappa shape index (κ3) is 7.26. The largest absolute Gasteiger partial charge is 1.00 e. The summed E-state index contributed by atoms with van der Waals surface area (Å²) in [6, 6.07) is 5.58. The topological polar surface area (TPSA) is 125 Å². The van der Waals surface area contributed by atoms with Crippen LogP contribution in [-0.4, -0.2) is 56.2 Å². The number of carboxylic acids is 1. The van der Waals surface area contributed by atoms with Crippen molar-refractivity contribution in [2.75, 3.05) is 7.05 Å². The van der Waals surface area contributed by atoms with E-state index in [-0.39, 0.29) is 54.9 Å². The van der Waals surface area contributed by atoms with E-state index in [2.05, 4.69) is 10.4 Å². The van der Waals surface area contributed by atoms with Crippen LogP contribution in [-0.2, 0) is 4.79 Å². The molecule has 1 aromatic heterocycles. The van der Waals surface area contributed by atoms with Crippen molar-refractivity contribution in [2.45, 2.75) is 44.8 Å². The predicted molar refractivity (Wildman–Crippen MR) is 110 cm³/mol. The van der Waals surface area contributed by atoms with Crippen molar-refractivity contribution in [3.05, 3.63) is 53.1 Å². The van der Waals surface area contributed by atoms with Crippen LogP contribution in [0.4, 0.5) is 4.39 Å². The van der Waals surface area contributed by atoms with Gasteiger partial charge >= 0.3 is 35.5 Å². The number of halogens is 1. The number of carboxylic acid groups (broad SMARTS) is 1. The van der Waals surface area contributed by atoms with E-state index < -0.39 is 30.4 Å². The number of carbonyl (C=O) groups is 2. The van der Waals surface area contributed by atoms with Crippen LogP contribution in [0.25, 0.3) is 11.8 Å². The fourth-order valence-electron chi connectivity index (χ4n) is 3.08. The van der Waals surface area contributed by atoms with Gasteiger partial charge in [-0.25, -0.2) is 9.07 Å². The van der Waals surface area contributed by atoms with E-state index in [4.69, 9.17) is 5.11 Å². The fraction of sp³-hybridized carbons (Fsp3) is 0.381. The Morgan fingerprint density at radius 1 is 1.26 bits per heavy atom. The number of aliphatic hydroxyl groups is 2. The number of benzene rings is 1. The average Bonchev–Trinajstić information content (AvgIpc) is 3.05. The van der Waals surface area contributed by atoms with Gasteiger partial charge in [-0.05, 0) is 36.3 Å². The molecular formula is C21H27FN3NaO5. The van der Waals surface area contributed by atoms with E-state index in [0.29, 0.717) is 16.9 Å². The molecule has 8 nitrogen and oxygen atoms in total. The second-order valence-electron chi connectivity index (χ2n) is 7.18. The number of hydrogen-bond donors (Lipinski definition) is 4. The van der Waals surface area contributed by atoms with Crippen molar-refractivity contribution < 1.29 is 60.3 Å². The summed E-state index contributed by atoms with van der Waals surface area (Å²) in [6.45, 7) is 3.78.